The number of hydrogen-bond acceptors (Lipinski definition) is 7. The number of sulfonamides is 1. The third-order valence-electron chi connectivity index (χ3n) is 3.43. The Hall–Kier alpha value is -1.91. The average Bonchev–Trinajstić information content (AvgIpc) is 3.27. The van der Waals surface area contributed by atoms with Crippen LogP contribution < -0.4 is 10.5 Å². The van der Waals surface area contributed by atoms with Crippen LogP contribution in [0.5, 0.6) is 0 Å². The standard InChI is InChI=1S/C14H16N4O4S2/c1-8(23-14-18-17-13(22-14)9-5-6-9)12(19)16-10-3-2-4-11(7-10)24(15,20)21/h2-4,7-9H,5-6H2,1H3,(H,16,19)(H2,15,20,21)/t8-/m1/s1. The summed E-state index contributed by atoms with van der Waals surface area (Å²) in [5.41, 5.74) is 0.350. The molecule has 2 aromatic rings. The van der Waals surface area contributed by atoms with E-state index in [4.69, 9.17) is 9.56 Å². The smallest absolute Gasteiger partial charge is 0.277 e. The Morgan fingerprint density at radius 1 is 1.42 bits per heavy atom. The highest BCUT2D eigenvalue weighted by Crippen LogP contribution is 2.40. The van der Waals surface area contributed by atoms with E-state index in [0.717, 1.165) is 24.6 Å². The highest BCUT2D eigenvalue weighted by Gasteiger charge is 2.30. The minimum Gasteiger partial charge on any atom is -0.416 e. The Morgan fingerprint density at radius 2 is 2.17 bits per heavy atom. The Labute approximate surface area is 143 Å². The van der Waals surface area contributed by atoms with Crippen molar-refractivity contribution in [3.63, 3.8) is 0 Å². The Bertz CT molecular complexity index is 861. The van der Waals surface area contributed by atoms with Gasteiger partial charge in [0.05, 0.1) is 10.1 Å². The summed E-state index contributed by atoms with van der Waals surface area (Å²) in [5, 5.41) is 15.5. The van der Waals surface area contributed by atoms with E-state index < -0.39 is 15.3 Å². The molecule has 1 atom stereocenters. The molecule has 1 aromatic carbocycles. The van der Waals surface area contributed by atoms with E-state index in [-0.39, 0.29) is 10.8 Å². The van der Waals surface area contributed by atoms with E-state index in [1.807, 2.05) is 0 Å². The molecular formula is C14H16N4O4S2. The van der Waals surface area contributed by atoms with Crippen molar-refractivity contribution in [2.24, 2.45) is 5.14 Å². The van der Waals surface area contributed by atoms with Crippen molar-refractivity contribution >= 4 is 33.4 Å². The lowest BCUT2D eigenvalue weighted by Crippen LogP contribution is -2.22. The molecule has 3 rings (SSSR count). The van der Waals surface area contributed by atoms with Gasteiger partial charge in [0, 0.05) is 11.6 Å². The van der Waals surface area contributed by atoms with Crippen LogP contribution in [-0.2, 0) is 14.8 Å². The van der Waals surface area contributed by atoms with Gasteiger partial charge in [-0.25, -0.2) is 13.6 Å². The van der Waals surface area contributed by atoms with Crippen molar-refractivity contribution in [1.82, 2.24) is 10.2 Å². The van der Waals surface area contributed by atoms with E-state index in [1.165, 1.54) is 18.2 Å². The SMILES string of the molecule is C[C@@H](Sc1nnc(C2CC2)o1)C(=O)Nc1cccc(S(N)(=O)=O)c1. The molecule has 0 radical (unpaired) electrons. The summed E-state index contributed by atoms with van der Waals surface area (Å²) in [6.45, 7) is 1.70. The number of nitrogens with two attached hydrogens (primary N) is 1. The summed E-state index contributed by atoms with van der Waals surface area (Å²) >= 11 is 1.15. The third-order valence-corrected chi connectivity index (χ3v) is 5.27. The molecule has 0 spiro atoms. The predicted molar refractivity (Wildman–Crippen MR) is 88.0 cm³/mol. The van der Waals surface area contributed by atoms with Gasteiger partial charge >= 0.3 is 0 Å². The first-order chi connectivity index (χ1) is 11.3. The number of amides is 1. The maximum absolute atomic E-state index is 12.2. The molecule has 0 unspecified atom stereocenters. The summed E-state index contributed by atoms with van der Waals surface area (Å²) in [6, 6.07) is 5.76. The van der Waals surface area contributed by atoms with Gasteiger partial charge in [-0.15, -0.1) is 10.2 Å². The number of anilines is 1. The Balaban J connectivity index is 1.63. The topological polar surface area (TPSA) is 128 Å². The van der Waals surface area contributed by atoms with Crippen LogP contribution in [0.25, 0.3) is 0 Å². The number of aromatic nitrogens is 2. The van der Waals surface area contributed by atoms with Gasteiger partial charge in [-0.05, 0) is 38.0 Å². The van der Waals surface area contributed by atoms with Crippen LogP contribution >= 0.6 is 11.8 Å². The summed E-state index contributed by atoms with van der Waals surface area (Å²) in [7, 11) is -3.82. The molecule has 24 heavy (non-hydrogen) atoms. The summed E-state index contributed by atoms with van der Waals surface area (Å²) in [5.74, 6) is 0.667. The fourth-order valence-electron chi connectivity index (χ4n) is 1.96. The second-order valence-electron chi connectivity index (χ2n) is 5.50. The summed E-state index contributed by atoms with van der Waals surface area (Å²) in [6.07, 6.45) is 2.12. The fraction of sp³-hybridized carbons (Fsp3) is 0.357. The molecule has 1 heterocycles. The molecule has 1 fully saturated rings. The van der Waals surface area contributed by atoms with Crippen LogP contribution in [-0.4, -0.2) is 29.8 Å². The quantitative estimate of drug-likeness (QED) is 0.743. The first kappa shape index (κ1) is 16.9. The van der Waals surface area contributed by atoms with Gasteiger partial charge in [-0.2, -0.15) is 0 Å². The van der Waals surface area contributed by atoms with Crippen LogP contribution in [0.2, 0.25) is 0 Å². The number of benzene rings is 1. The number of rotatable bonds is 6. The van der Waals surface area contributed by atoms with E-state index in [9.17, 15) is 13.2 Å². The normalized spacial score (nSPS) is 15.9. The number of thioether (sulfide) groups is 1. The van der Waals surface area contributed by atoms with Gasteiger partial charge in [0.25, 0.3) is 5.22 Å². The van der Waals surface area contributed by atoms with Crippen LogP contribution in [0.4, 0.5) is 5.69 Å². The number of primary sulfonamides is 1. The van der Waals surface area contributed by atoms with E-state index in [0.29, 0.717) is 22.7 Å². The van der Waals surface area contributed by atoms with Crippen LogP contribution in [0, 0.1) is 0 Å². The molecule has 0 aliphatic heterocycles. The first-order valence-corrected chi connectivity index (χ1v) is 9.69. The maximum Gasteiger partial charge on any atom is 0.277 e. The zero-order valence-electron chi connectivity index (χ0n) is 12.8. The van der Waals surface area contributed by atoms with Crippen molar-refractivity contribution in [1.29, 1.82) is 0 Å². The maximum atomic E-state index is 12.2. The minimum absolute atomic E-state index is 0.0633. The molecule has 1 aromatic heterocycles. The molecule has 128 valence electrons. The van der Waals surface area contributed by atoms with Gasteiger partial charge in [-0.1, -0.05) is 17.8 Å². The monoisotopic (exact) mass is 368 g/mol. The molecule has 3 N–H and O–H groups in total. The van der Waals surface area contributed by atoms with E-state index in [2.05, 4.69) is 15.5 Å². The number of nitrogens with zero attached hydrogens (tertiary/aromatic N) is 2. The lowest BCUT2D eigenvalue weighted by atomic mass is 10.3. The molecule has 10 heteroatoms. The Kier molecular flexibility index (Phi) is 4.61. The van der Waals surface area contributed by atoms with E-state index >= 15 is 0 Å². The molecule has 1 aliphatic rings. The van der Waals surface area contributed by atoms with E-state index in [1.54, 1.807) is 13.0 Å². The van der Waals surface area contributed by atoms with Gasteiger partial charge in [0.15, 0.2) is 0 Å². The predicted octanol–water partition coefficient (Wildman–Crippen LogP) is 1.71. The molecule has 0 bridgehead atoms. The van der Waals surface area contributed by atoms with Gasteiger partial charge in [0.1, 0.15) is 0 Å². The van der Waals surface area contributed by atoms with Crippen molar-refractivity contribution in [2.75, 3.05) is 5.32 Å². The Morgan fingerprint density at radius 3 is 2.83 bits per heavy atom. The van der Waals surface area contributed by atoms with Crippen molar-refractivity contribution in [3.8, 4) is 0 Å². The zero-order valence-corrected chi connectivity index (χ0v) is 14.4. The van der Waals surface area contributed by atoms with Crippen LogP contribution in [0.15, 0.2) is 38.8 Å². The van der Waals surface area contributed by atoms with Gasteiger partial charge < -0.3 is 9.73 Å². The largest absolute Gasteiger partial charge is 0.416 e. The summed E-state index contributed by atoms with van der Waals surface area (Å²) < 4.78 is 28.2. The lowest BCUT2D eigenvalue weighted by Gasteiger charge is -2.10. The third kappa shape index (κ3) is 4.13. The number of hydrogen-bond donors (Lipinski definition) is 2. The fourth-order valence-corrected chi connectivity index (χ4v) is 3.21. The number of carbonyl (C=O) groups is 1. The van der Waals surface area contributed by atoms with Crippen LogP contribution in [0.3, 0.4) is 0 Å². The van der Waals surface area contributed by atoms with Gasteiger partial charge in [0.2, 0.25) is 21.8 Å². The molecule has 1 saturated carbocycles. The molecule has 1 amide bonds. The number of carbonyl (C=O) groups excluding carboxylic acids is 1. The van der Waals surface area contributed by atoms with Crippen LogP contribution in [0.1, 0.15) is 31.6 Å². The average molecular weight is 368 g/mol. The van der Waals surface area contributed by atoms with Crippen molar-refractivity contribution in [2.45, 2.75) is 41.1 Å². The van der Waals surface area contributed by atoms with Crippen molar-refractivity contribution in [3.05, 3.63) is 30.2 Å². The van der Waals surface area contributed by atoms with Crippen molar-refractivity contribution < 1.29 is 17.6 Å². The first-order valence-electron chi connectivity index (χ1n) is 7.27. The lowest BCUT2D eigenvalue weighted by molar-refractivity contribution is -0.115. The second kappa shape index (κ2) is 6.54. The zero-order chi connectivity index (χ0) is 17.3. The highest BCUT2D eigenvalue weighted by atomic mass is 32.2. The second-order valence-corrected chi connectivity index (χ2v) is 8.36. The minimum atomic E-state index is -3.82. The van der Waals surface area contributed by atoms with Gasteiger partial charge in [-0.3, -0.25) is 4.79 Å². The highest BCUT2D eigenvalue weighted by molar-refractivity contribution is 8.00. The number of nitrogens with one attached hydrogen (secondary N) is 1. The summed E-state index contributed by atoms with van der Waals surface area (Å²) in [4.78, 5) is 12.2. The molecule has 8 nitrogen and oxygen atoms in total. The molecule has 1 aliphatic carbocycles. The molecule has 0 saturated heterocycles. The molecular weight excluding hydrogens is 352 g/mol.